The summed E-state index contributed by atoms with van der Waals surface area (Å²) in [6, 6.07) is 10.8. The molecule has 0 bridgehead atoms. The van der Waals surface area contributed by atoms with Crippen molar-refractivity contribution >= 4 is 33.2 Å². The maximum absolute atomic E-state index is 13.8. The van der Waals surface area contributed by atoms with Crippen molar-refractivity contribution in [1.82, 2.24) is 0 Å². The number of para-hydroxylation sites is 1. The number of hydrogen-bond donors (Lipinski definition) is 0. The summed E-state index contributed by atoms with van der Waals surface area (Å²) in [6.45, 7) is 0. The molecule has 3 nitrogen and oxygen atoms in total. The molecule has 2 aromatic rings. The van der Waals surface area contributed by atoms with Crippen molar-refractivity contribution < 1.29 is 9.31 Å². The van der Waals surface area contributed by atoms with Crippen molar-refractivity contribution in [2.75, 3.05) is 0 Å². The third-order valence-corrected chi connectivity index (χ3v) is 3.94. The Bertz CT molecular complexity index is 651. The Labute approximate surface area is 128 Å². The molecule has 0 radical (unpaired) electrons. The number of nitrogens with zero attached hydrogens (tertiary/aromatic N) is 1. The van der Waals surface area contributed by atoms with Gasteiger partial charge in [-0.1, -0.05) is 51.8 Å². The van der Waals surface area contributed by atoms with Crippen LogP contribution >= 0.6 is 27.5 Å². The summed E-state index contributed by atoms with van der Waals surface area (Å²) in [5, 5.41) is 11.3. The van der Waals surface area contributed by atoms with Gasteiger partial charge in [-0.15, -0.1) is 0 Å². The maximum Gasteiger partial charge on any atom is 0.272 e. The van der Waals surface area contributed by atoms with Gasteiger partial charge in [-0.25, -0.2) is 4.39 Å². The zero-order valence-corrected chi connectivity index (χ0v) is 12.6. The molecule has 104 valence electrons. The van der Waals surface area contributed by atoms with Gasteiger partial charge in [0.1, 0.15) is 5.82 Å². The van der Waals surface area contributed by atoms with Crippen molar-refractivity contribution in [1.29, 1.82) is 0 Å². The highest BCUT2D eigenvalue weighted by molar-refractivity contribution is 9.09. The number of halogens is 3. The van der Waals surface area contributed by atoms with E-state index in [1.165, 1.54) is 12.1 Å². The van der Waals surface area contributed by atoms with E-state index in [9.17, 15) is 14.5 Å². The van der Waals surface area contributed by atoms with Gasteiger partial charge in [0.25, 0.3) is 5.69 Å². The first-order valence-corrected chi connectivity index (χ1v) is 7.09. The van der Waals surface area contributed by atoms with E-state index in [0.717, 1.165) is 0 Å². The third kappa shape index (κ3) is 3.35. The van der Waals surface area contributed by atoms with Crippen LogP contribution in [0.25, 0.3) is 0 Å². The van der Waals surface area contributed by atoms with Gasteiger partial charge in [0.2, 0.25) is 0 Å². The Morgan fingerprint density at radius 2 is 2.00 bits per heavy atom. The van der Waals surface area contributed by atoms with Gasteiger partial charge in [0, 0.05) is 27.0 Å². The minimum absolute atomic E-state index is 0.0336. The highest BCUT2D eigenvalue weighted by Gasteiger charge is 2.19. The fraction of sp³-hybridized carbons (Fsp3) is 0.143. The first kappa shape index (κ1) is 14.9. The Kier molecular flexibility index (Phi) is 4.73. The normalized spacial score (nSPS) is 12.2. The predicted octanol–water partition coefficient (Wildman–Crippen LogP) is 5.07. The lowest BCUT2D eigenvalue weighted by molar-refractivity contribution is -0.385. The molecule has 0 aromatic heterocycles. The fourth-order valence-electron chi connectivity index (χ4n) is 1.92. The monoisotopic (exact) mass is 357 g/mol. The van der Waals surface area contributed by atoms with E-state index >= 15 is 0 Å². The first-order valence-electron chi connectivity index (χ1n) is 5.80. The predicted molar refractivity (Wildman–Crippen MR) is 79.9 cm³/mol. The molecule has 20 heavy (non-hydrogen) atoms. The van der Waals surface area contributed by atoms with Gasteiger partial charge < -0.3 is 0 Å². The van der Waals surface area contributed by atoms with E-state index in [0.29, 0.717) is 22.6 Å². The topological polar surface area (TPSA) is 43.1 Å². The molecular weight excluding hydrogens is 349 g/mol. The molecule has 1 unspecified atom stereocenters. The zero-order chi connectivity index (χ0) is 14.7. The quantitative estimate of drug-likeness (QED) is 0.435. The molecule has 2 rings (SSSR count). The average Bonchev–Trinajstić information content (AvgIpc) is 2.38. The molecule has 0 aliphatic heterocycles. The first-order chi connectivity index (χ1) is 9.49. The summed E-state index contributed by atoms with van der Waals surface area (Å²) in [7, 11) is 0. The molecule has 2 aromatic carbocycles. The molecule has 0 aliphatic carbocycles. The third-order valence-electron chi connectivity index (χ3n) is 2.89. The molecule has 6 heteroatoms. The minimum atomic E-state index is -0.437. The van der Waals surface area contributed by atoms with Crippen LogP contribution in [-0.4, -0.2) is 4.92 Å². The van der Waals surface area contributed by atoms with Crippen LogP contribution in [0.1, 0.15) is 16.0 Å². The highest BCUT2D eigenvalue weighted by Crippen LogP contribution is 2.32. The van der Waals surface area contributed by atoms with Crippen LogP contribution in [0, 0.1) is 15.9 Å². The molecule has 0 saturated heterocycles. The number of alkyl halides is 1. The lowest BCUT2D eigenvalue weighted by Gasteiger charge is -2.11. The summed E-state index contributed by atoms with van der Waals surface area (Å²) in [5.41, 5.74) is 1.01. The molecule has 0 spiro atoms. The molecule has 0 aliphatic rings. The second-order valence-electron chi connectivity index (χ2n) is 4.22. The van der Waals surface area contributed by atoms with E-state index in [1.807, 2.05) is 0 Å². The molecule has 0 N–H and O–H groups in total. The number of hydrogen-bond acceptors (Lipinski definition) is 2. The summed E-state index contributed by atoms with van der Waals surface area (Å²) >= 11 is 9.08. The second kappa shape index (κ2) is 6.33. The van der Waals surface area contributed by atoms with Crippen LogP contribution in [0.5, 0.6) is 0 Å². The van der Waals surface area contributed by atoms with Crippen molar-refractivity contribution in [3.63, 3.8) is 0 Å². The zero-order valence-electron chi connectivity index (χ0n) is 10.2. The molecule has 0 amide bonds. The lowest BCUT2D eigenvalue weighted by Crippen LogP contribution is -2.01. The SMILES string of the molecule is O=[N+]([O-])c1ccccc1CC(Br)c1ccc(Cl)cc1F. The van der Waals surface area contributed by atoms with Gasteiger partial charge in [-0.2, -0.15) is 0 Å². The van der Waals surface area contributed by atoms with Crippen LogP contribution in [-0.2, 0) is 6.42 Å². The van der Waals surface area contributed by atoms with E-state index in [-0.39, 0.29) is 10.5 Å². The molecule has 0 saturated carbocycles. The molecular formula is C14H10BrClFNO2. The molecule has 0 heterocycles. The Hall–Kier alpha value is -1.46. The standard InChI is InChI=1S/C14H10BrClFNO2/c15-12(11-6-5-10(16)8-13(11)17)7-9-3-1-2-4-14(9)18(19)20/h1-6,8,12H,7H2. The van der Waals surface area contributed by atoms with Gasteiger partial charge in [0.15, 0.2) is 0 Å². The van der Waals surface area contributed by atoms with Gasteiger partial charge in [0.05, 0.1) is 4.92 Å². The number of rotatable bonds is 4. The van der Waals surface area contributed by atoms with Crippen molar-refractivity contribution in [3.05, 3.63) is 74.5 Å². The Balaban J connectivity index is 2.28. The lowest BCUT2D eigenvalue weighted by atomic mass is 10.0. The Morgan fingerprint density at radius 3 is 2.65 bits per heavy atom. The maximum atomic E-state index is 13.8. The number of nitro groups is 1. The number of benzene rings is 2. The molecule has 0 fully saturated rings. The summed E-state index contributed by atoms with van der Waals surface area (Å²) in [6.07, 6.45) is 0.315. The summed E-state index contributed by atoms with van der Waals surface area (Å²) in [5.74, 6) is -0.432. The minimum Gasteiger partial charge on any atom is -0.258 e. The Morgan fingerprint density at radius 1 is 1.30 bits per heavy atom. The fourth-order valence-corrected chi connectivity index (χ4v) is 2.80. The van der Waals surface area contributed by atoms with Crippen molar-refractivity contribution in [3.8, 4) is 0 Å². The van der Waals surface area contributed by atoms with Gasteiger partial charge in [-0.3, -0.25) is 10.1 Å². The second-order valence-corrected chi connectivity index (χ2v) is 5.77. The van der Waals surface area contributed by atoms with Crippen LogP contribution < -0.4 is 0 Å². The van der Waals surface area contributed by atoms with Crippen molar-refractivity contribution in [2.45, 2.75) is 11.2 Å². The number of nitro benzene ring substituents is 1. The van der Waals surface area contributed by atoms with E-state index in [2.05, 4.69) is 15.9 Å². The smallest absolute Gasteiger partial charge is 0.258 e. The van der Waals surface area contributed by atoms with Crippen LogP contribution in [0.3, 0.4) is 0 Å². The van der Waals surface area contributed by atoms with E-state index in [4.69, 9.17) is 11.6 Å². The van der Waals surface area contributed by atoms with Crippen LogP contribution in [0.2, 0.25) is 5.02 Å². The van der Waals surface area contributed by atoms with Crippen LogP contribution in [0.15, 0.2) is 42.5 Å². The van der Waals surface area contributed by atoms with Crippen LogP contribution in [0.4, 0.5) is 10.1 Å². The highest BCUT2D eigenvalue weighted by atomic mass is 79.9. The largest absolute Gasteiger partial charge is 0.272 e. The van der Waals surface area contributed by atoms with E-state index in [1.54, 1.807) is 30.3 Å². The molecule has 1 atom stereocenters. The summed E-state index contributed by atoms with van der Waals surface area (Å²) in [4.78, 5) is 10.2. The van der Waals surface area contributed by atoms with Gasteiger partial charge >= 0.3 is 0 Å². The van der Waals surface area contributed by atoms with Gasteiger partial charge in [-0.05, 0) is 18.6 Å². The van der Waals surface area contributed by atoms with Crippen molar-refractivity contribution in [2.24, 2.45) is 0 Å². The average molecular weight is 359 g/mol. The van der Waals surface area contributed by atoms with E-state index < -0.39 is 10.7 Å². The summed E-state index contributed by atoms with van der Waals surface area (Å²) < 4.78 is 13.8.